The van der Waals surface area contributed by atoms with Crippen LogP contribution in [-0.2, 0) is 13.0 Å². The molecule has 0 amide bonds. The Labute approximate surface area is 116 Å². The maximum absolute atomic E-state index is 5.78. The van der Waals surface area contributed by atoms with Crippen molar-refractivity contribution in [2.24, 2.45) is 5.73 Å². The van der Waals surface area contributed by atoms with Crippen molar-refractivity contribution in [3.05, 3.63) is 23.4 Å². The Morgan fingerprint density at radius 1 is 1.16 bits per heavy atom. The molecule has 2 rings (SSSR count). The van der Waals surface area contributed by atoms with Crippen molar-refractivity contribution in [2.45, 2.75) is 33.2 Å². The van der Waals surface area contributed by atoms with E-state index in [-0.39, 0.29) is 0 Å². The van der Waals surface area contributed by atoms with E-state index in [4.69, 9.17) is 10.7 Å². The van der Waals surface area contributed by atoms with Crippen LogP contribution in [0.2, 0.25) is 0 Å². The number of hydrogen-bond donors (Lipinski definition) is 1. The molecule has 0 spiro atoms. The molecule has 0 atom stereocenters. The second-order valence-corrected chi connectivity index (χ2v) is 5.21. The molecule has 4 heteroatoms. The maximum atomic E-state index is 5.78. The predicted octanol–water partition coefficient (Wildman–Crippen LogP) is 1.63. The zero-order valence-electron chi connectivity index (χ0n) is 12.2. The Morgan fingerprint density at radius 3 is 2.47 bits per heavy atom. The van der Waals surface area contributed by atoms with Crippen LogP contribution in [0.4, 0.5) is 5.82 Å². The van der Waals surface area contributed by atoms with Gasteiger partial charge in [0.1, 0.15) is 5.82 Å². The third kappa shape index (κ3) is 3.67. The molecule has 0 aliphatic carbocycles. The van der Waals surface area contributed by atoms with Crippen LogP contribution in [0.15, 0.2) is 12.1 Å². The number of aromatic nitrogens is 1. The van der Waals surface area contributed by atoms with Gasteiger partial charge >= 0.3 is 0 Å². The molecule has 0 aromatic carbocycles. The zero-order chi connectivity index (χ0) is 13.7. The highest BCUT2D eigenvalue weighted by atomic mass is 15.3. The predicted molar refractivity (Wildman–Crippen MR) is 80.5 cm³/mol. The van der Waals surface area contributed by atoms with Crippen LogP contribution < -0.4 is 10.6 Å². The van der Waals surface area contributed by atoms with Crippen LogP contribution in [0.25, 0.3) is 0 Å². The van der Waals surface area contributed by atoms with E-state index in [9.17, 15) is 0 Å². The molecule has 0 saturated carbocycles. The van der Waals surface area contributed by atoms with Gasteiger partial charge in [0.2, 0.25) is 0 Å². The first-order chi connectivity index (χ1) is 9.26. The van der Waals surface area contributed by atoms with Crippen LogP contribution in [0.5, 0.6) is 0 Å². The summed E-state index contributed by atoms with van der Waals surface area (Å²) in [5, 5.41) is 0. The molecule has 2 N–H and O–H groups in total. The van der Waals surface area contributed by atoms with E-state index in [0.29, 0.717) is 6.54 Å². The monoisotopic (exact) mass is 262 g/mol. The molecule has 1 saturated heterocycles. The first-order valence-corrected chi connectivity index (χ1v) is 7.44. The van der Waals surface area contributed by atoms with Gasteiger partial charge in [0.15, 0.2) is 0 Å². The van der Waals surface area contributed by atoms with Gasteiger partial charge in [-0.05, 0) is 37.1 Å². The molecule has 1 fully saturated rings. The molecular formula is C15H26N4. The van der Waals surface area contributed by atoms with Crippen LogP contribution in [-0.4, -0.2) is 42.6 Å². The summed E-state index contributed by atoms with van der Waals surface area (Å²) < 4.78 is 0. The van der Waals surface area contributed by atoms with Crippen molar-refractivity contribution in [3.8, 4) is 0 Å². The Bertz CT molecular complexity index is 375. The zero-order valence-corrected chi connectivity index (χ0v) is 12.2. The lowest BCUT2D eigenvalue weighted by Gasteiger charge is -2.35. The van der Waals surface area contributed by atoms with Crippen molar-refractivity contribution >= 4 is 5.82 Å². The number of nitrogens with two attached hydrogens (primary N) is 1. The van der Waals surface area contributed by atoms with E-state index in [1.807, 2.05) is 0 Å². The van der Waals surface area contributed by atoms with Gasteiger partial charge in [-0.3, -0.25) is 4.90 Å². The molecule has 19 heavy (non-hydrogen) atoms. The minimum absolute atomic E-state index is 0.596. The van der Waals surface area contributed by atoms with E-state index in [2.05, 4.69) is 35.8 Å². The highest BCUT2D eigenvalue weighted by molar-refractivity contribution is 5.43. The quantitative estimate of drug-likeness (QED) is 0.876. The van der Waals surface area contributed by atoms with E-state index >= 15 is 0 Å². The van der Waals surface area contributed by atoms with Gasteiger partial charge in [-0.15, -0.1) is 0 Å². The molecule has 1 aromatic heterocycles. The summed E-state index contributed by atoms with van der Waals surface area (Å²) in [6.45, 7) is 10.6. The topological polar surface area (TPSA) is 45.4 Å². The number of hydrogen-bond acceptors (Lipinski definition) is 4. The van der Waals surface area contributed by atoms with Crippen molar-refractivity contribution in [1.82, 2.24) is 9.88 Å². The number of aryl methyl sites for hydroxylation is 1. The summed E-state index contributed by atoms with van der Waals surface area (Å²) >= 11 is 0. The third-order valence-corrected chi connectivity index (χ3v) is 3.76. The van der Waals surface area contributed by atoms with Crippen LogP contribution in [0, 0.1) is 0 Å². The lowest BCUT2D eigenvalue weighted by molar-refractivity contribution is 0.258. The van der Waals surface area contributed by atoms with Gasteiger partial charge in [-0.1, -0.05) is 13.8 Å². The Hall–Kier alpha value is -1.13. The lowest BCUT2D eigenvalue weighted by Crippen LogP contribution is -2.46. The molecule has 0 unspecified atom stereocenters. The molecule has 4 nitrogen and oxygen atoms in total. The molecule has 106 valence electrons. The van der Waals surface area contributed by atoms with Crippen LogP contribution in [0.1, 0.15) is 31.5 Å². The summed E-state index contributed by atoms with van der Waals surface area (Å²) in [6, 6.07) is 4.27. The highest BCUT2D eigenvalue weighted by Gasteiger charge is 2.17. The summed E-state index contributed by atoms with van der Waals surface area (Å²) in [7, 11) is 0. The standard InChI is InChI=1S/C15H26N4/c1-3-5-18-6-8-19(9-7-18)15-11-13(12-16)10-14(4-2)17-15/h10-11H,3-9,12,16H2,1-2H3. The van der Waals surface area contributed by atoms with Crippen molar-refractivity contribution in [1.29, 1.82) is 0 Å². The maximum Gasteiger partial charge on any atom is 0.129 e. The molecule has 0 radical (unpaired) electrons. The van der Waals surface area contributed by atoms with Crippen molar-refractivity contribution in [3.63, 3.8) is 0 Å². The van der Waals surface area contributed by atoms with Crippen LogP contribution >= 0.6 is 0 Å². The van der Waals surface area contributed by atoms with Gasteiger partial charge < -0.3 is 10.6 Å². The Morgan fingerprint density at radius 2 is 1.89 bits per heavy atom. The van der Waals surface area contributed by atoms with Gasteiger partial charge in [-0.2, -0.15) is 0 Å². The fourth-order valence-electron chi connectivity index (χ4n) is 2.61. The van der Waals surface area contributed by atoms with E-state index < -0.39 is 0 Å². The number of nitrogens with zero attached hydrogens (tertiary/aromatic N) is 3. The normalized spacial score (nSPS) is 16.9. The third-order valence-electron chi connectivity index (χ3n) is 3.76. The highest BCUT2D eigenvalue weighted by Crippen LogP contribution is 2.17. The van der Waals surface area contributed by atoms with Gasteiger partial charge in [0.25, 0.3) is 0 Å². The van der Waals surface area contributed by atoms with E-state index in [1.165, 1.54) is 18.5 Å². The minimum atomic E-state index is 0.596. The molecule has 1 aromatic rings. The summed E-state index contributed by atoms with van der Waals surface area (Å²) in [6.07, 6.45) is 2.21. The van der Waals surface area contributed by atoms with Gasteiger partial charge in [0, 0.05) is 38.4 Å². The average Bonchev–Trinajstić information content (AvgIpc) is 2.47. The second kappa shape index (κ2) is 6.87. The lowest BCUT2D eigenvalue weighted by atomic mass is 10.2. The minimum Gasteiger partial charge on any atom is -0.354 e. The van der Waals surface area contributed by atoms with Crippen LogP contribution in [0.3, 0.4) is 0 Å². The average molecular weight is 262 g/mol. The number of rotatable bonds is 5. The number of anilines is 1. The summed E-state index contributed by atoms with van der Waals surface area (Å²) in [4.78, 5) is 9.67. The van der Waals surface area contributed by atoms with Crippen molar-refractivity contribution < 1.29 is 0 Å². The Kier molecular flexibility index (Phi) is 5.16. The fraction of sp³-hybridized carbons (Fsp3) is 0.667. The largest absolute Gasteiger partial charge is 0.354 e. The fourth-order valence-corrected chi connectivity index (χ4v) is 2.61. The molecular weight excluding hydrogens is 236 g/mol. The van der Waals surface area contributed by atoms with Crippen molar-refractivity contribution in [2.75, 3.05) is 37.6 Å². The Balaban J connectivity index is 2.06. The van der Waals surface area contributed by atoms with E-state index in [0.717, 1.165) is 44.1 Å². The summed E-state index contributed by atoms with van der Waals surface area (Å²) in [5.74, 6) is 1.11. The molecule has 0 bridgehead atoms. The molecule has 1 aliphatic rings. The summed E-state index contributed by atoms with van der Waals surface area (Å²) in [5.41, 5.74) is 8.12. The number of piperazine rings is 1. The SMILES string of the molecule is CCCN1CCN(c2cc(CN)cc(CC)n2)CC1. The van der Waals surface area contributed by atoms with Gasteiger partial charge in [-0.25, -0.2) is 4.98 Å². The molecule has 2 heterocycles. The molecule has 1 aliphatic heterocycles. The second-order valence-electron chi connectivity index (χ2n) is 5.21. The van der Waals surface area contributed by atoms with Gasteiger partial charge in [0.05, 0.1) is 0 Å². The number of pyridine rings is 1. The first-order valence-electron chi connectivity index (χ1n) is 7.44. The first kappa shape index (κ1) is 14.3. The van der Waals surface area contributed by atoms with E-state index in [1.54, 1.807) is 0 Å². The smallest absolute Gasteiger partial charge is 0.129 e.